The van der Waals surface area contributed by atoms with E-state index in [2.05, 4.69) is 62.6 Å². The van der Waals surface area contributed by atoms with Crippen LogP contribution in [0.25, 0.3) is 0 Å². The molecule has 0 bridgehead atoms. The summed E-state index contributed by atoms with van der Waals surface area (Å²) >= 11 is 3.46. The van der Waals surface area contributed by atoms with Crippen LogP contribution in [0.4, 0.5) is 5.69 Å². The average Bonchev–Trinajstić information content (AvgIpc) is 2.56. The first kappa shape index (κ1) is 13.8. The topological polar surface area (TPSA) is 24.9 Å². The van der Waals surface area contributed by atoms with Crippen molar-refractivity contribution < 1.29 is 0 Å². The van der Waals surface area contributed by atoms with Crippen LogP contribution < -0.4 is 5.32 Å². The molecule has 1 aromatic heterocycles. The predicted molar refractivity (Wildman–Crippen MR) is 90.3 cm³/mol. The monoisotopic (exact) mass is 338 g/mol. The predicted octanol–water partition coefficient (Wildman–Crippen LogP) is 5.05. The minimum absolute atomic E-state index is 0.0357. The molecule has 2 aromatic carbocycles. The molecule has 0 radical (unpaired) electrons. The van der Waals surface area contributed by atoms with Gasteiger partial charge in [0.15, 0.2) is 0 Å². The Hall–Kier alpha value is -2.13. The van der Waals surface area contributed by atoms with Crippen LogP contribution in [0, 0.1) is 0 Å². The molecule has 1 atom stereocenters. The molecule has 21 heavy (non-hydrogen) atoms. The largest absolute Gasteiger partial charge is 0.373 e. The van der Waals surface area contributed by atoms with Crippen molar-refractivity contribution in [1.29, 1.82) is 0 Å². The highest BCUT2D eigenvalue weighted by Gasteiger charge is 2.14. The van der Waals surface area contributed by atoms with E-state index in [1.807, 2.05) is 42.6 Å². The first-order chi connectivity index (χ1) is 10.3. The number of halogens is 1. The number of pyridine rings is 1. The molecule has 3 aromatic rings. The van der Waals surface area contributed by atoms with Gasteiger partial charge < -0.3 is 5.32 Å². The molecule has 3 heteroatoms. The third-order valence-corrected chi connectivity index (χ3v) is 3.80. The van der Waals surface area contributed by atoms with Crippen molar-refractivity contribution in [2.75, 3.05) is 5.32 Å². The van der Waals surface area contributed by atoms with Crippen molar-refractivity contribution in [2.45, 2.75) is 6.04 Å². The summed E-state index contributed by atoms with van der Waals surface area (Å²) in [6, 6.07) is 24.6. The van der Waals surface area contributed by atoms with E-state index in [0.29, 0.717) is 0 Å². The van der Waals surface area contributed by atoms with Crippen molar-refractivity contribution in [3.63, 3.8) is 0 Å². The molecule has 0 spiro atoms. The van der Waals surface area contributed by atoms with E-state index >= 15 is 0 Å². The molecule has 1 N–H and O–H groups in total. The molecule has 1 unspecified atom stereocenters. The maximum absolute atomic E-state index is 4.50. The molecule has 0 saturated heterocycles. The van der Waals surface area contributed by atoms with Crippen molar-refractivity contribution >= 4 is 21.6 Å². The van der Waals surface area contributed by atoms with Gasteiger partial charge in [0.05, 0.1) is 11.7 Å². The minimum Gasteiger partial charge on any atom is -0.373 e. The lowest BCUT2D eigenvalue weighted by molar-refractivity contribution is 0.887. The number of anilines is 1. The van der Waals surface area contributed by atoms with E-state index in [-0.39, 0.29) is 6.04 Å². The van der Waals surface area contributed by atoms with E-state index in [4.69, 9.17) is 0 Å². The zero-order valence-electron chi connectivity index (χ0n) is 11.4. The molecule has 0 saturated carbocycles. The number of nitrogens with one attached hydrogen (secondary N) is 1. The Morgan fingerprint density at radius 3 is 2.19 bits per heavy atom. The van der Waals surface area contributed by atoms with Crippen LogP contribution in [-0.4, -0.2) is 4.98 Å². The quantitative estimate of drug-likeness (QED) is 0.720. The molecule has 0 fully saturated rings. The summed E-state index contributed by atoms with van der Waals surface area (Å²) in [4.78, 5) is 4.50. The van der Waals surface area contributed by atoms with Gasteiger partial charge in [-0.2, -0.15) is 0 Å². The number of benzene rings is 2. The second kappa shape index (κ2) is 6.55. The molecule has 2 nitrogen and oxygen atoms in total. The summed E-state index contributed by atoms with van der Waals surface area (Å²) in [6.45, 7) is 0. The summed E-state index contributed by atoms with van der Waals surface area (Å²) in [5.74, 6) is 0. The van der Waals surface area contributed by atoms with Gasteiger partial charge in [-0.05, 0) is 42.0 Å². The van der Waals surface area contributed by atoms with Crippen molar-refractivity contribution in [3.05, 3.63) is 94.7 Å². The van der Waals surface area contributed by atoms with Gasteiger partial charge in [0.2, 0.25) is 0 Å². The second-order valence-electron chi connectivity index (χ2n) is 4.75. The van der Waals surface area contributed by atoms with Gasteiger partial charge in [0, 0.05) is 16.4 Å². The maximum Gasteiger partial charge on any atom is 0.0940 e. The Balaban J connectivity index is 1.95. The van der Waals surface area contributed by atoms with Crippen LogP contribution in [0.2, 0.25) is 0 Å². The third kappa shape index (κ3) is 3.50. The highest BCUT2D eigenvalue weighted by atomic mass is 79.9. The van der Waals surface area contributed by atoms with Gasteiger partial charge in [-0.25, -0.2) is 0 Å². The van der Waals surface area contributed by atoms with E-state index in [1.54, 1.807) is 0 Å². The normalized spacial score (nSPS) is 11.9. The Bertz CT molecular complexity index is 642. The summed E-state index contributed by atoms with van der Waals surface area (Å²) in [7, 11) is 0. The Labute approximate surface area is 133 Å². The van der Waals surface area contributed by atoms with E-state index < -0.39 is 0 Å². The van der Waals surface area contributed by atoms with Gasteiger partial charge >= 0.3 is 0 Å². The fourth-order valence-electron chi connectivity index (χ4n) is 2.23. The Morgan fingerprint density at radius 1 is 0.810 bits per heavy atom. The molecule has 1 heterocycles. The summed E-state index contributed by atoms with van der Waals surface area (Å²) < 4.78 is 1.07. The van der Waals surface area contributed by atoms with Crippen LogP contribution >= 0.6 is 15.9 Å². The average molecular weight is 339 g/mol. The van der Waals surface area contributed by atoms with Crippen molar-refractivity contribution in [1.82, 2.24) is 4.98 Å². The highest BCUT2D eigenvalue weighted by molar-refractivity contribution is 9.10. The Kier molecular flexibility index (Phi) is 4.31. The van der Waals surface area contributed by atoms with E-state index in [1.165, 1.54) is 5.56 Å². The molecular formula is C18H15BrN2. The lowest BCUT2D eigenvalue weighted by Gasteiger charge is -2.20. The standard InChI is InChI=1S/C18H15BrN2/c19-15-9-11-16(12-10-15)21-18(14-6-2-1-3-7-14)17-8-4-5-13-20-17/h1-13,18,21H. The number of hydrogen-bond donors (Lipinski definition) is 1. The van der Waals surface area contributed by atoms with E-state index in [9.17, 15) is 0 Å². The minimum atomic E-state index is 0.0357. The van der Waals surface area contributed by atoms with Gasteiger partial charge in [-0.15, -0.1) is 0 Å². The molecular weight excluding hydrogens is 324 g/mol. The van der Waals surface area contributed by atoms with Crippen molar-refractivity contribution in [2.24, 2.45) is 0 Å². The third-order valence-electron chi connectivity index (χ3n) is 3.27. The van der Waals surface area contributed by atoms with Gasteiger partial charge in [-0.3, -0.25) is 4.98 Å². The number of nitrogens with zero attached hydrogens (tertiary/aromatic N) is 1. The maximum atomic E-state index is 4.50. The number of aromatic nitrogens is 1. The van der Waals surface area contributed by atoms with Crippen LogP contribution in [0.15, 0.2) is 83.5 Å². The van der Waals surface area contributed by atoms with Crippen LogP contribution in [0.5, 0.6) is 0 Å². The van der Waals surface area contributed by atoms with Crippen LogP contribution in [-0.2, 0) is 0 Å². The smallest absolute Gasteiger partial charge is 0.0940 e. The lowest BCUT2D eigenvalue weighted by atomic mass is 10.0. The SMILES string of the molecule is Brc1ccc(NC(c2ccccc2)c2ccccn2)cc1. The van der Waals surface area contributed by atoms with Gasteiger partial charge in [-0.1, -0.05) is 52.3 Å². The zero-order valence-corrected chi connectivity index (χ0v) is 13.0. The summed E-state index contributed by atoms with van der Waals surface area (Å²) in [5, 5.41) is 3.56. The van der Waals surface area contributed by atoms with Gasteiger partial charge in [0.25, 0.3) is 0 Å². The lowest BCUT2D eigenvalue weighted by Crippen LogP contribution is -2.13. The molecule has 104 valence electrons. The first-order valence-corrected chi connectivity index (χ1v) is 7.60. The van der Waals surface area contributed by atoms with Crippen LogP contribution in [0.3, 0.4) is 0 Å². The molecule has 0 aliphatic rings. The number of hydrogen-bond acceptors (Lipinski definition) is 2. The second-order valence-corrected chi connectivity index (χ2v) is 5.67. The summed E-state index contributed by atoms with van der Waals surface area (Å²) in [6.07, 6.45) is 1.83. The molecule has 0 aliphatic carbocycles. The van der Waals surface area contributed by atoms with Crippen LogP contribution in [0.1, 0.15) is 17.3 Å². The zero-order chi connectivity index (χ0) is 14.5. The fourth-order valence-corrected chi connectivity index (χ4v) is 2.50. The Morgan fingerprint density at radius 2 is 1.52 bits per heavy atom. The summed E-state index contributed by atoms with van der Waals surface area (Å²) in [5.41, 5.74) is 3.27. The fraction of sp³-hybridized carbons (Fsp3) is 0.0556. The highest BCUT2D eigenvalue weighted by Crippen LogP contribution is 2.25. The number of rotatable bonds is 4. The molecule has 0 aliphatic heterocycles. The van der Waals surface area contributed by atoms with Crippen molar-refractivity contribution in [3.8, 4) is 0 Å². The molecule has 3 rings (SSSR count). The first-order valence-electron chi connectivity index (χ1n) is 6.81. The van der Waals surface area contributed by atoms with Gasteiger partial charge in [0.1, 0.15) is 0 Å². The molecule has 0 amide bonds. The van der Waals surface area contributed by atoms with E-state index in [0.717, 1.165) is 15.9 Å².